The van der Waals surface area contributed by atoms with Crippen LogP contribution < -0.4 is 0 Å². The van der Waals surface area contributed by atoms with E-state index in [9.17, 15) is 9.59 Å². The second kappa shape index (κ2) is 7.11. The van der Waals surface area contributed by atoms with Gasteiger partial charge < -0.3 is 14.7 Å². The molecule has 1 aliphatic heterocycles. The summed E-state index contributed by atoms with van der Waals surface area (Å²) in [5.74, 6) is -1.29. The number of benzene rings is 1. The number of aromatic nitrogens is 1. The molecule has 1 unspecified atom stereocenters. The van der Waals surface area contributed by atoms with E-state index in [2.05, 4.69) is 29.2 Å². The van der Waals surface area contributed by atoms with Crippen LogP contribution in [0.15, 0.2) is 29.6 Å². The molecule has 1 saturated heterocycles. The molecular weight excluding hydrogens is 328 g/mol. The highest BCUT2D eigenvalue weighted by atomic mass is 32.1. The van der Waals surface area contributed by atoms with Crippen molar-refractivity contribution < 1.29 is 19.4 Å². The average Bonchev–Trinajstić information content (AvgIpc) is 3.05. The van der Waals surface area contributed by atoms with E-state index in [-0.39, 0.29) is 19.1 Å². The van der Waals surface area contributed by atoms with Crippen molar-refractivity contribution in [2.45, 2.75) is 19.4 Å². The van der Waals surface area contributed by atoms with Crippen LogP contribution in [-0.4, -0.2) is 52.7 Å². The minimum atomic E-state index is -1.05. The molecule has 1 aromatic carbocycles. The quantitative estimate of drug-likeness (QED) is 0.915. The first-order valence-corrected chi connectivity index (χ1v) is 8.54. The van der Waals surface area contributed by atoms with Gasteiger partial charge in [0.05, 0.1) is 18.2 Å². The number of morpholine rings is 1. The Morgan fingerprint density at radius 1 is 1.38 bits per heavy atom. The molecule has 2 heterocycles. The summed E-state index contributed by atoms with van der Waals surface area (Å²) in [6, 6.07) is 8.21. The lowest BCUT2D eigenvalue weighted by atomic mass is 10.1. The predicted octanol–water partition coefficient (Wildman–Crippen LogP) is 1.97. The molecule has 0 radical (unpaired) electrons. The third-order valence-electron chi connectivity index (χ3n) is 3.88. The Morgan fingerprint density at radius 3 is 2.83 bits per heavy atom. The molecule has 0 saturated carbocycles. The number of hydrogen-bond acceptors (Lipinski definition) is 5. The highest BCUT2D eigenvalue weighted by Gasteiger charge is 2.30. The standard InChI is InChI=1S/C17H18N2O4S/c1-11-2-4-12(5-3-11)8-15-18-13(10-24-15)16(20)19-6-7-23-14(9-19)17(21)22/h2-5,10,14H,6-9H2,1H3,(H,21,22). The molecule has 3 rings (SSSR count). The normalized spacial score (nSPS) is 17.7. The van der Waals surface area contributed by atoms with Gasteiger partial charge in [-0.2, -0.15) is 0 Å². The van der Waals surface area contributed by atoms with E-state index in [0.717, 1.165) is 10.6 Å². The summed E-state index contributed by atoms with van der Waals surface area (Å²) < 4.78 is 5.14. The maximum absolute atomic E-state index is 12.5. The fourth-order valence-electron chi connectivity index (χ4n) is 2.52. The molecule has 1 aliphatic rings. The van der Waals surface area contributed by atoms with Crippen LogP contribution in [0.3, 0.4) is 0 Å². The molecule has 1 fully saturated rings. The van der Waals surface area contributed by atoms with Crippen LogP contribution >= 0.6 is 11.3 Å². The summed E-state index contributed by atoms with van der Waals surface area (Å²) in [6.45, 7) is 2.70. The molecule has 1 atom stereocenters. The number of carbonyl (C=O) groups is 2. The minimum Gasteiger partial charge on any atom is -0.479 e. The Bertz CT molecular complexity index is 741. The number of amides is 1. The van der Waals surface area contributed by atoms with Crippen LogP contribution in [0.5, 0.6) is 0 Å². The van der Waals surface area contributed by atoms with Gasteiger partial charge in [-0.15, -0.1) is 11.3 Å². The molecule has 2 aromatic rings. The molecule has 7 heteroatoms. The Hall–Kier alpha value is -2.25. The van der Waals surface area contributed by atoms with Crippen molar-refractivity contribution in [2.75, 3.05) is 19.7 Å². The van der Waals surface area contributed by atoms with Gasteiger partial charge in [0.1, 0.15) is 5.69 Å². The Labute approximate surface area is 143 Å². The van der Waals surface area contributed by atoms with Crippen molar-refractivity contribution in [3.05, 3.63) is 51.5 Å². The van der Waals surface area contributed by atoms with Gasteiger partial charge in [-0.1, -0.05) is 29.8 Å². The first kappa shape index (κ1) is 16.6. The van der Waals surface area contributed by atoms with Crippen LogP contribution in [-0.2, 0) is 16.0 Å². The lowest BCUT2D eigenvalue weighted by Gasteiger charge is -2.30. The van der Waals surface area contributed by atoms with Gasteiger partial charge in [0.2, 0.25) is 0 Å². The molecular formula is C17H18N2O4S. The van der Waals surface area contributed by atoms with Crippen molar-refractivity contribution in [2.24, 2.45) is 0 Å². The summed E-state index contributed by atoms with van der Waals surface area (Å²) in [4.78, 5) is 29.4. The summed E-state index contributed by atoms with van der Waals surface area (Å²) >= 11 is 1.44. The summed E-state index contributed by atoms with van der Waals surface area (Å²) in [5.41, 5.74) is 2.72. The lowest BCUT2D eigenvalue weighted by molar-refractivity contribution is -0.154. The van der Waals surface area contributed by atoms with Crippen molar-refractivity contribution in [3.8, 4) is 0 Å². The van der Waals surface area contributed by atoms with E-state index in [1.165, 1.54) is 21.8 Å². The number of thiazole rings is 1. The third kappa shape index (κ3) is 3.80. The van der Waals surface area contributed by atoms with Crippen molar-refractivity contribution in [1.82, 2.24) is 9.88 Å². The van der Waals surface area contributed by atoms with Crippen LogP contribution in [0.25, 0.3) is 0 Å². The fraction of sp³-hybridized carbons (Fsp3) is 0.353. The van der Waals surface area contributed by atoms with Gasteiger partial charge in [0.25, 0.3) is 5.91 Å². The van der Waals surface area contributed by atoms with Gasteiger partial charge in [0.15, 0.2) is 6.10 Å². The first-order chi connectivity index (χ1) is 11.5. The number of carbonyl (C=O) groups excluding carboxylic acids is 1. The van der Waals surface area contributed by atoms with Crippen LogP contribution in [0.4, 0.5) is 0 Å². The highest BCUT2D eigenvalue weighted by molar-refractivity contribution is 7.09. The molecule has 0 aliphatic carbocycles. The molecule has 0 spiro atoms. The summed E-state index contributed by atoms with van der Waals surface area (Å²) in [5, 5.41) is 11.6. The van der Waals surface area contributed by atoms with E-state index in [1.54, 1.807) is 5.38 Å². The Balaban J connectivity index is 1.67. The molecule has 1 N–H and O–H groups in total. The topological polar surface area (TPSA) is 79.7 Å². The maximum atomic E-state index is 12.5. The number of hydrogen-bond donors (Lipinski definition) is 1. The Kier molecular flexibility index (Phi) is 4.92. The van der Waals surface area contributed by atoms with Crippen molar-refractivity contribution in [3.63, 3.8) is 0 Å². The zero-order chi connectivity index (χ0) is 17.1. The third-order valence-corrected chi connectivity index (χ3v) is 4.72. The Morgan fingerprint density at radius 2 is 2.12 bits per heavy atom. The SMILES string of the molecule is Cc1ccc(Cc2nc(C(=O)N3CCOC(C(=O)O)C3)cs2)cc1. The molecule has 126 valence electrons. The second-order valence-electron chi connectivity index (χ2n) is 5.74. The summed E-state index contributed by atoms with van der Waals surface area (Å²) in [6.07, 6.45) is -0.285. The van der Waals surface area contributed by atoms with Gasteiger partial charge >= 0.3 is 5.97 Å². The smallest absolute Gasteiger partial charge is 0.334 e. The molecule has 0 bridgehead atoms. The number of aryl methyl sites for hydroxylation is 1. The van der Waals surface area contributed by atoms with E-state index in [1.807, 2.05) is 6.92 Å². The van der Waals surface area contributed by atoms with Gasteiger partial charge in [-0.25, -0.2) is 9.78 Å². The number of aliphatic carboxylic acids is 1. The van der Waals surface area contributed by atoms with Gasteiger partial charge in [-0.3, -0.25) is 4.79 Å². The van der Waals surface area contributed by atoms with Gasteiger partial charge in [0, 0.05) is 18.3 Å². The lowest BCUT2D eigenvalue weighted by Crippen LogP contribution is -2.48. The monoisotopic (exact) mass is 346 g/mol. The molecule has 24 heavy (non-hydrogen) atoms. The molecule has 1 amide bonds. The molecule has 6 nitrogen and oxygen atoms in total. The number of carboxylic acids is 1. The van der Waals surface area contributed by atoms with Crippen LogP contribution in [0, 0.1) is 6.92 Å². The summed E-state index contributed by atoms with van der Waals surface area (Å²) in [7, 11) is 0. The largest absolute Gasteiger partial charge is 0.479 e. The fourth-order valence-corrected chi connectivity index (χ4v) is 3.32. The zero-order valence-electron chi connectivity index (χ0n) is 13.3. The van der Waals surface area contributed by atoms with Crippen LogP contribution in [0.2, 0.25) is 0 Å². The van der Waals surface area contributed by atoms with E-state index in [4.69, 9.17) is 9.84 Å². The van der Waals surface area contributed by atoms with E-state index < -0.39 is 12.1 Å². The van der Waals surface area contributed by atoms with Crippen molar-refractivity contribution in [1.29, 1.82) is 0 Å². The van der Waals surface area contributed by atoms with Crippen LogP contribution in [0.1, 0.15) is 26.6 Å². The molecule has 1 aromatic heterocycles. The second-order valence-corrected chi connectivity index (χ2v) is 6.68. The average molecular weight is 346 g/mol. The van der Waals surface area contributed by atoms with Crippen molar-refractivity contribution >= 4 is 23.2 Å². The van der Waals surface area contributed by atoms with E-state index in [0.29, 0.717) is 18.7 Å². The number of ether oxygens (including phenoxy) is 1. The zero-order valence-corrected chi connectivity index (χ0v) is 14.1. The first-order valence-electron chi connectivity index (χ1n) is 7.66. The maximum Gasteiger partial charge on any atom is 0.334 e. The number of rotatable bonds is 4. The number of carboxylic acid groups (broad SMARTS) is 1. The van der Waals surface area contributed by atoms with E-state index >= 15 is 0 Å². The number of nitrogens with zero attached hydrogens (tertiary/aromatic N) is 2. The predicted molar refractivity (Wildman–Crippen MR) is 89.4 cm³/mol. The minimum absolute atomic E-state index is 0.0546. The highest BCUT2D eigenvalue weighted by Crippen LogP contribution is 2.18. The van der Waals surface area contributed by atoms with Gasteiger partial charge in [-0.05, 0) is 12.5 Å².